The molecule has 0 saturated carbocycles. The Hall–Kier alpha value is -3.17. The van der Waals surface area contributed by atoms with E-state index in [0.717, 1.165) is 19.2 Å². The van der Waals surface area contributed by atoms with E-state index in [0.29, 0.717) is 31.3 Å². The SMILES string of the molecule is Cc1ccc([C@@H]2/C(=C(\O)c3ccc(OC(C)C)c(F)c3)C(=O)C(=O)N2CCN2CCOCC2)o1. The van der Waals surface area contributed by atoms with Gasteiger partial charge >= 0.3 is 0 Å². The van der Waals surface area contributed by atoms with Crippen molar-refractivity contribution in [1.29, 1.82) is 0 Å². The lowest BCUT2D eigenvalue weighted by atomic mass is 9.99. The topological polar surface area (TPSA) is 92.5 Å². The first-order valence-electron chi connectivity index (χ1n) is 11.4. The third-order valence-electron chi connectivity index (χ3n) is 5.90. The third kappa shape index (κ3) is 4.85. The van der Waals surface area contributed by atoms with Crippen molar-refractivity contribution in [3.8, 4) is 5.75 Å². The number of aliphatic hydroxyl groups excluding tert-OH is 1. The number of Topliss-reactive ketones (excluding diaryl/α,β-unsaturated/α-hetero) is 1. The van der Waals surface area contributed by atoms with E-state index in [4.69, 9.17) is 13.9 Å². The molecule has 0 unspecified atom stereocenters. The van der Waals surface area contributed by atoms with Crippen LogP contribution in [0.5, 0.6) is 5.75 Å². The molecule has 34 heavy (non-hydrogen) atoms. The normalized spacial score (nSPS) is 21.0. The molecule has 182 valence electrons. The highest BCUT2D eigenvalue weighted by molar-refractivity contribution is 6.46. The molecule has 1 atom stereocenters. The minimum absolute atomic E-state index is 0.0377. The van der Waals surface area contributed by atoms with Crippen LogP contribution in [0.4, 0.5) is 4.39 Å². The van der Waals surface area contributed by atoms with Crippen molar-refractivity contribution < 1.29 is 33.0 Å². The lowest BCUT2D eigenvalue weighted by molar-refractivity contribution is -0.140. The summed E-state index contributed by atoms with van der Waals surface area (Å²) in [7, 11) is 0. The van der Waals surface area contributed by atoms with Gasteiger partial charge in [0.2, 0.25) is 0 Å². The van der Waals surface area contributed by atoms with Crippen LogP contribution in [0.25, 0.3) is 5.76 Å². The van der Waals surface area contributed by atoms with Crippen molar-refractivity contribution >= 4 is 17.4 Å². The summed E-state index contributed by atoms with van der Waals surface area (Å²) >= 11 is 0. The van der Waals surface area contributed by atoms with Gasteiger partial charge in [-0.05, 0) is 51.1 Å². The van der Waals surface area contributed by atoms with Gasteiger partial charge in [-0.3, -0.25) is 14.5 Å². The average Bonchev–Trinajstić information content (AvgIpc) is 3.34. The van der Waals surface area contributed by atoms with Gasteiger partial charge < -0.3 is 23.9 Å². The molecule has 0 spiro atoms. The Morgan fingerprint density at radius 1 is 1.18 bits per heavy atom. The Morgan fingerprint density at radius 3 is 2.53 bits per heavy atom. The van der Waals surface area contributed by atoms with E-state index in [2.05, 4.69) is 4.90 Å². The molecule has 2 aliphatic rings. The summed E-state index contributed by atoms with van der Waals surface area (Å²) in [6.45, 7) is 8.81. The summed E-state index contributed by atoms with van der Waals surface area (Å²) in [6, 6.07) is 6.45. The van der Waals surface area contributed by atoms with E-state index in [1.54, 1.807) is 32.9 Å². The van der Waals surface area contributed by atoms with E-state index in [9.17, 15) is 19.1 Å². The highest BCUT2D eigenvalue weighted by atomic mass is 19.1. The smallest absolute Gasteiger partial charge is 0.295 e. The molecule has 2 fully saturated rings. The van der Waals surface area contributed by atoms with Crippen molar-refractivity contribution in [2.45, 2.75) is 32.9 Å². The van der Waals surface area contributed by atoms with Gasteiger partial charge in [-0.25, -0.2) is 4.39 Å². The Balaban J connectivity index is 1.70. The van der Waals surface area contributed by atoms with Gasteiger partial charge in [0.15, 0.2) is 11.6 Å². The summed E-state index contributed by atoms with van der Waals surface area (Å²) in [5, 5.41) is 11.1. The predicted octanol–water partition coefficient (Wildman–Crippen LogP) is 3.27. The van der Waals surface area contributed by atoms with Crippen LogP contribution >= 0.6 is 0 Å². The number of morpholine rings is 1. The number of rotatable bonds is 7. The van der Waals surface area contributed by atoms with E-state index in [1.807, 2.05) is 0 Å². The second-order valence-corrected chi connectivity index (χ2v) is 8.71. The van der Waals surface area contributed by atoms with Crippen LogP contribution in [0.3, 0.4) is 0 Å². The van der Waals surface area contributed by atoms with Gasteiger partial charge in [0.1, 0.15) is 23.3 Å². The van der Waals surface area contributed by atoms with Gasteiger partial charge in [0.05, 0.1) is 24.9 Å². The zero-order chi connectivity index (χ0) is 24.4. The van der Waals surface area contributed by atoms with E-state index >= 15 is 0 Å². The van der Waals surface area contributed by atoms with Crippen LogP contribution in [0.2, 0.25) is 0 Å². The van der Waals surface area contributed by atoms with Gasteiger partial charge in [-0.2, -0.15) is 0 Å². The quantitative estimate of drug-likeness (QED) is 0.376. The number of ketones is 1. The number of likely N-dealkylation sites (tertiary alicyclic amines) is 1. The first kappa shape index (κ1) is 24.0. The second kappa shape index (κ2) is 9.99. The average molecular weight is 473 g/mol. The highest BCUT2D eigenvalue weighted by Gasteiger charge is 2.47. The number of amides is 1. The summed E-state index contributed by atoms with van der Waals surface area (Å²) in [5.74, 6) is -1.69. The maximum absolute atomic E-state index is 14.6. The van der Waals surface area contributed by atoms with Crippen LogP contribution in [-0.4, -0.2) is 72.1 Å². The molecule has 1 aromatic heterocycles. The standard InChI is InChI=1S/C25H29FN2O6/c1-15(2)33-19-7-5-17(14-18(19)26)23(29)21-22(20-6-4-16(3)34-20)28(25(31)24(21)30)9-8-27-10-12-32-13-11-27/h4-7,14-15,22,29H,8-13H2,1-3H3/b23-21+/t22-/m1/s1. The lowest BCUT2D eigenvalue weighted by Gasteiger charge is -2.30. The Kier molecular flexibility index (Phi) is 7.04. The monoisotopic (exact) mass is 472 g/mol. The molecular formula is C25H29FN2O6. The second-order valence-electron chi connectivity index (χ2n) is 8.71. The molecular weight excluding hydrogens is 443 g/mol. The van der Waals surface area contributed by atoms with Crippen LogP contribution in [0.1, 0.15) is 37.0 Å². The number of benzene rings is 1. The maximum atomic E-state index is 14.6. The molecule has 2 saturated heterocycles. The fourth-order valence-corrected chi connectivity index (χ4v) is 4.23. The number of carbonyl (C=O) groups excluding carboxylic acids is 2. The first-order chi connectivity index (χ1) is 16.3. The molecule has 1 N–H and O–H groups in total. The van der Waals surface area contributed by atoms with Gasteiger partial charge in [0.25, 0.3) is 11.7 Å². The number of carbonyl (C=O) groups is 2. The lowest BCUT2D eigenvalue weighted by Crippen LogP contribution is -2.42. The maximum Gasteiger partial charge on any atom is 0.295 e. The predicted molar refractivity (Wildman–Crippen MR) is 122 cm³/mol. The van der Waals surface area contributed by atoms with Gasteiger partial charge in [-0.15, -0.1) is 0 Å². The van der Waals surface area contributed by atoms with E-state index < -0.39 is 29.3 Å². The van der Waals surface area contributed by atoms with Crippen molar-refractivity contribution in [3.05, 3.63) is 58.8 Å². The highest BCUT2D eigenvalue weighted by Crippen LogP contribution is 2.40. The van der Waals surface area contributed by atoms with Crippen molar-refractivity contribution in [2.75, 3.05) is 39.4 Å². The molecule has 3 heterocycles. The minimum Gasteiger partial charge on any atom is -0.507 e. The van der Waals surface area contributed by atoms with Crippen LogP contribution in [0.15, 0.2) is 40.3 Å². The molecule has 9 heteroatoms. The third-order valence-corrected chi connectivity index (χ3v) is 5.90. The number of hydrogen-bond donors (Lipinski definition) is 1. The fourth-order valence-electron chi connectivity index (χ4n) is 4.23. The van der Waals surface area contributed by atoms with Crippen molar-refractivity contribution in [2.24, 2.45) is 0 Å². The molecule has 4 rings (SSSR count). The summed E-state index contributed by atoms with van der Waals surface area (Å²) in [5.41, 5.74) is -0.0497. The molecule has 0 bridgehead atoms. The number of halogens is 1. The molecule has 2 aromatic rings. The Morgan fingerprint density at radius 2 is 1.91 bits per heavy atom. The van der Waals surface area contributed by atoms with Crippen molar-refractivity contribution in [1.82, 2.24) is 9.80 Å². The first-order valence-corrected chi connectivity index (χ1v) is 11.4. The molecule has 1 aromatic carbocycles. The summed E-state index contributed by atoms with van der Waals surface area (Å²) in [6.07, 6.45) is -0.229. The molecule has 0 radical (unpaired) electrons. The molecule has 0 aliphatic carbocycles. The Bertz CT molecular complexity index is 1100. The summed E-state index contributed by atoms with van der Waals surface area (Å²) in [4.78, 5) is 29.6. The number of aliphatic hydroxyl groups is 1. The largest absolute Gasteiger partial charge is 0.507 e. The van der Waals surface area contributed by atoms with Crippen LogP contribution in [0, 0.1) is 12.7 Å². The van der Waals surface area contributed by atoms with Gasteiger partial charge in [-0.1, -0.05) is 0 Å². The van der Waals surface area contributed by atoms with E-state index in [-0.39, 0.29) is 29.5 Å². The fraction of sp³-hybridized carbons (Fsp3) is 0.440. The van der Waals surface area contributed by atoms with Crippen LogP contribution < -0.4 is 4.74 Å². The van der Waals surface area contributed by atoms with Crippen LogP contribution in [-0.2, 0) is 14.3 Å². The van der Waals surface area contributed by atoms with Crippen molar-refractivity contribution in [3.63, 3.8) is 0 Å². The van der Waals surface area contributed by atoms with E-state index in [1.165, 1.54) is 17.0 Å². The Labute approximate surface area is 197 Å². The van der Waals surface area contributed by atoms with Gasteiger partial charge in [0, 0.05) is 31.7 Å². The molecule has 2 aliphatic heterocycles. The minimum atomic E-state index is -0.913. The number of ether oxygens (including phenoxy) is 2. The summed E-state index contributed by atoms with van der Waals surface area (Å²) < 4.78 is 31.2. The zero-order valence-corrected chi connectivity index (χ0v) is 19.5. The number of furan rings is 1. The zero-order valence-electron chi connectivity index (χ0n) is 19.5. The number of aryl methyl sites for hydroxylation is 1. The molecule has 8 nitrogen and oxygen atoms in total. The number of hydrogen-bond acceptors (Lipinski definition) is 7. The molecule has 1 amide bonds. The number of nitrogens with zero attached hydrogens (tertiary/aromatic N) is 2.